The van der Waals surface area contributed by atoms with Crippen molar-refractivity contribution in [2.24, 2.45) is 0 Å². The van der Waals surface area contributed by atoms with E-state index in [1.54, 1.807) is 4.90 Å². The number of carbonyl (C=O) groups is 1. The number of hydrogen-bond acceptors (Lipinski definition) is 3. The molecule has 0 bridgehead atoms. The highest BCUT2D eigenvalue weighted by atomic mass is 32.1. The van der Waals surface area contributed by atoms with Crippen LogP contribution in [0.3, 0.4) is 0 Å². The van der Waals surface area contributed by atoms with Gasteiger partial charge in [-0.25, -0.2) is 0 Å². The summed E-state index contributed by atoms with van der Waals surface area (Å²) in [6, 6.07) is 6.11. The summed E-state index contributed by atoms with van der Waals surface area (Å²) in [5, 5.41) is 0.994. The number of thiophene rings is 1. The van der Waals surface area contributed by atoms with Crippen LogP contribution in [0, 0.1) is 6.92 Å². The number of carbonyl (C=O) groups excluding carboxylic acids is 1. The molecule has 2 aromatic rings. The maximum atomic E-state index is 12.3. The smallest absolute Gasteiger partial charge is 0.265 e. The molecule has 1 aromatic carbocycles. The van der Waals surface area contributed by atoms with E-state index in [0.717, 1.165) is 28.6 Å². The standard InChI is InChI=1S/C14H18N2OS/c1-4-7-16(3)14(17)13-12(15)10-8-9(2)5-6-11(10)18-13/h5-6,8H,4,7,15H2,1-3H3. The molecule has 0 atom stereocenters. The van der Waals surface area contributed by atoms with E-state index in [1.807, 2.05) is 32.2 Å². The van der Waals surface area contributed by atoms with Gasteiger partial charge in [0.15, 0.2) is 0 Å². The Labute approximate surface area is 111 Å². The first-order chi connectivity index (χ1) is 8.54. The lowest BCUT2D eigenvalue weighted by molar-refractivity contribution is 0.0801. The highest BCUT2D eigenvalue weighted by Crippen LogP contribution is 2.34. The molecule has 0 aliphatic heterocycles. The summed E-state index contributed by atoms with van der Waals surface area (Å²) in [7, 11) is 1.82. The molecule has 3 nitrogen and oxygen atoms in total. The summed E-state index contributed by atoms with van der Waals surface area (Å²) in [5.74, 6) is 0.0215. The Hall–Kier alpha value is -1.55. The number of benzene rings is 1. The summed E-state index contributed by atoms with van der Waals surface area (Å²) in [6.07, 6.45) is 0.951. The van der Waals surface area contributed by atoms with Gasteiger partial charge in [0.2, 0.25) is 0 Å². The van der Waals surface area contributed by atoms with Crippen molar-refractivity contribution in [3.8, 4) is 0 Å². The van der Waals surface area contributed by atoms with Gasteiger partial charge in [-0.15, -0.1) is 11.3 Å². The topological polar surface area (TPSA) is 46.3 Å². The fraction of sp³-hybridized carbons (Fsp3) is 0.357. The molecule has 1 aromatic heterocycles. The van der Waals surface area contributed by atoms with Gasteiger partial charge >= 0.3 is 0 Å². The monoisotopic (exact) mass is 262 g/mol. The zero-order valence-electron chi connectivity index (χ0n) is 11.0. The number of aryl methyl sites for hydroxylation is 1. The number of fused-ring (bicyclic) bond motifs is 1. The number of nitrogens with zero attached hydrogens (tertiary/aromatic N) is 1. The first-order valence-corrected chi connectivity index (χ1v) is 6.90. The molecule has 1 amide bonds. The molecule has 0 aliphatic rings. The van der Waals surface area contributed by atoms with E-state index in [-0.39, 0.29) is 5.91 Å². The van der Waals surface area contributed by atoms with Crippen LogP contribution in [0.15, 0.2) is 18.2 Å². The van der Waals surface area contributed by atoms with Crippen LogP contribution in [-0.4, -0.2) is 24.4 Å². The SMILES string of the molecule is CCCN(C)C(=O)c1sc2ccc(C)cc2c1N. The molecule has 4 heteroatoms. The van der Waals surface area contributed by atoms with Crippen LogP contribution < -0.4 is 5.73 Å². The van der Waals surface area contributed by atoms with Gasteiger partial charge < -0.3 is 10.6 Å². The number of hydrogen-bond donors (Lipinski definition) is 1. The second-order valence-electron chi connectivity index (χ2n) is 4.57. The molecule has 0 unspecified atom stereocenters. The Morgan fingerprint density at radius 1 is 1.44 bits per heavy atom. The van der Waals surface area contributed by atoms with Crippen LogP contribution in [0.25, 0.3) is 10.1 Å². The average molecular weight is 262 g/mol. The van der Waals surface area contributed by atoms with Gasteiger partial charge in [0.05, 0.1) is 5.69 Å². The molecule has 0 spiro atoms. The molecule has 0 fully saturated rings. The van der Waals surface area contributed by atoms with Crippen LogP contribution in [-0.2, 0) is 0 Å². The summed E-state index contributed by atoms with van der Waals surface area (Å²) in [6.45, 7) is 4.84. The van der Waals surface area contributed by atoms with Crippen molar-refractivity contribution >= 4 is 33.0 Å². The Morgan fingerprint density at radius 3 is 2.83 bits per heavy atom. The molecular formula is C14H18N2OS. The zero-order chi connectivity index (χ0) is 13.3. The average Bonchev–Trinajstić information content (AvgIpc) is 2.66. The molecule has 1 heterocycles. The Morgan fingerprint density at radius 2 is 2.17 bits per heavy atom. The van der Waals surface area contributed by atoms with Crippen LogP contribution in [0.5, 0.6) is 0 Å². The third-order valence-electron chi connectivity index (χ3n) is 2.98. The highest BCUT2D eigenvalue weighted by Gasteiger charge is 2.19. The number of amides is 1. The minimum absolute atomic E-state index is 0.0215. The van der Waals surface area contributed by atoms with Crippen molar-refractivity contribution in [3.05, 3.63) is 28.6 Å². The van der Waals surface area contributed by atoms with Crippen LogP contribution in [0.1, 0.15) is 28.6 Å². The molecule has 2 N–H and O–H groups in total. The van der Waals surface area contributed by atoms with E-state index >= 15 is 0 Å². The van der Waals surface area contributed by atoms with Crippen LogP contribution in [0.4, 0.5) is 5.69 Å². The molecule has 18 heavy (non-hydrogen) atoms. The highest BCUT2D eigenvalue weighted by molar-refractivity contribution is 7.21. The predicted molar refractivity (Wildman–Crippen MR) is 78.2 cm³/mol. The van der Waals surface area contributed by atoms with E-state index in [9.17, 15) is 4.79 Å². The van der Waals surface area contributed by atoms with E-state index in [0.29, 0.717) is 10.6 Å². The number of nitrogen functional groups attached to an aromatic ring is 1. The molecule has 0 radical (unpaired) electrons. The fourth-order valence-corrected chi connectivity index (χ4v) is 3.10. The lowest BCUT2D eigenvalue weighted by Crippen LogP contribution is -2.27. The van der Waals surface area contributed by atoms with Gasteiger partial charge in [0, 0.05) is 23.7 Å². The quantitative estimate of drug-likeness (QED) is 0.922. The summed E-state index contributed by atoms with van der Waals surface area (Å²) in [5.41, 5.74) is 7.88. The number of anilines is 1. The summed E-state index contributed by atoms with van der Waals surface area (Å²) >= 11 is 1.48. The second kappa shape index (κ2) is 4.98. The number of rotatable bonds is 3. The van der Waals surface area contributed by atoms with Gasteiger partial charge in [-0.1, -0.05) is 18.6 Å². The molecule has 2 rings (SSSR count). The predicted octanol–water partition coefficient (Wildman–Crippen LogP) is 3.27. The van der Waals surface area contributed by atoms with Gasteiger partial charge in [-0.2, -0.15) is 0 Å². The first kappa shape index (κ1) is 12.9. The van der Waals surface area contributed by atoms with Gasteiger partial charge in [0.25, 0.3) is 5.91 Å². The van der Waals surface area contributed by atoms with Crippen molar-refractivity contribution in [3.63, 3.8) is 0 Å². The van der Waals surface area contributed by atoms with Crippen molar-refractivity contribution in [1.82, 2.24) is 4.90 Å². The molecule has 0 aliphatic carbocycles. The minimum Gasteiger partial charge on any atom is -0.397 e. The maximum absolute atomic E-state index is 12.3. The van der Waals surface area contributed by atoms with Crippen LogP contribution >= 0.6 is 11.3 Å². The Balaban J connectivity index is 2.46. The minimum atomic E-state index is 0.0215. The maximum Gasteiger partial charge on any atom is 0.265 e. The van der Waals surface area contributed by atoms with E-state index in [1.165, 1.54) is 11.3 Å². The van der Waals surface area contributed by atoms with E-state index in [2.05, 4.69) is 6.92 Å². The summed E-state index contributed by atoms with van der Waals surface area (Å²) < 4.78 is 1.08. The van der Waals surface area contributed by atoms with Crippen molar-refractivity contribution < 1.29 is 4.79 Å². The van der Waals surface area contributed by atoms with Gasteiger partial charge in [-0.05, 0) is 25.5 Å². The molecule has 0 saturated carbocycles. The Bertz CT molecular complexity index is 589. The summed E-state index contributed by atoms with van der Waals surface area (Å²) in [4.78, 5) is 14.7. The lowest BCUT2D eigenvalue weighted by atomic mass is 10.1. The third-order valence-corrected chi connectivity index (χ3v) is 4.16. The second-order valence-corrected chi connectivity index (χ2v) is 5.62. The molecule has 96 valence electrons. The van der Waals surface area contributed by atoms with E-state index in [4.69, 9.17) is 5.73 Å². The molecular weight excluding hydrogens is 244 g/mol. The lowest BCUT2D eigenvalue weighted by Gasteiger charge is -2.15. The van der Waals surface area contributed by atoms with Gasteiger partial charge in [0.1, 0.15) is 4.88 Å². The van der Waals surface area contributed by atoms with Gasteiger partial charge in [-0.3, -0.25) is 4.79 Å². The van der Waals surface area contributed by atoms with Crippen molar-refractivity contribution in [1.29, 1.82) is 0 Å². The normalized spacial score (nSPS) is 10.8. The van der Waals surface area contributed by atoms with E-state index < -0.39 is 0 Å². The first-order valence-electron chi connectivity index (χ1n) is 6.08. The van der Waals surface area contributed by atoms with Crippen molar-refractivity contribution in [2.45, 2.75) is 20.3 Å². The van der Waals surface area contributed by atoms with Crippen LogP contribution in [0.2, 0.25) is 0 Å². The zero-order valence-corrected chi connectivity index (χ0v) is 11.8. The third kappa shape index (κ3) is 2.20. The Kier molecular flexibility index (Phi) is 3.57. The van der Waals surface area contributed by atoms with Crippen molar-refractivity contribution in [2.75, 3.05) is 19.3 Å². The fourth-order valence-electron chi connectivity index (χ4n) is 2.00. The number of nitrogens with two attached hydrogens (primary N) is 1. The molecule has 0 saturated heterocycles. The largest absolute Gasteiger partial charge is 0.397 e.